The van der Waals surface area contributed by atoms with Crippen LogP contribution in [0.25, 0.3) is 0 Å². The molecule has 1 aliphatic rings. The highest BCUT2D eigenvalue weighted by Gasteiger charge is 2.25. The summed E-state index contributed by atoms with van der Waals surface area (Å²) in [6.07, 6.45) is 0.642. The van der Waals surface area contributed by atoms with Crippen molar-refractivity contribution in [2.75, 3.05) is 44.6 Å². The Balaban J connectivity index is 1.52. The lowest BCUT2D eigenvalue weighted by Gasteiger charge is -2.33. The Morgan fingerprint density at radius 1 is 1.00 bits per heavy atom. The Bertz CT molecular complexity index is 1020. The Labute approximate surface area is 190 Å². The van der Waals surface area contributed by atoms with Crippen molar-refractivity contribution in [3.05, 3.63) is 51.8 Å². The maximum absolute atomic E-state index is 12.9. The van der Waals surface area contributed by atoms with E-state index in [0.29, 0.717) is 30.8 Å². The molecule has 172 valence electrons. The van der Waals surface area contributed by atoms with E-state index in [1.54, 1.807) is 6.92 Å². The molecule has 1 fully saturated rings. The summed E-state index contributed by atoms with van der Waals surface area (Å²) in [5.41, 5.74) is 5.89. The van der Waals surface area contributed by atoms with Crippen LogP contribution in [0, 0.1) is 20.8 Å². The number of amides is 1. The van der Waals surface area contributed by atoms with Gasteiger partial charge in [0.25, 0.3) is 0 Å². The monoisotopic (exact) mass is 438 g/mol. The second kappa shape index (κ2) is 10.2. The SMILES string of the molecule is CCc1c(C(=O)CN2CCN(CC(=O)Nc3cccc(C)c3C)CC2)[nH]c(C)c1C(C)=O. The lowest BCUT2D eigenvalue weighted by atomic mass is 10.0. The van der Waals surface area contributed by atoms with Gasteiger partial charge in [-0.25, -0.2) is 0 Å². The van der Waals surface area contributed by atoms with E-state index in [9.17, 15) is 14.4 Å². The quantitative estimate of drug-likeness (QED) is 0.619. The maximum Gasteiger partial charge on any atom is 0.238 e. The Morgan fingerprint density at radius 3 is 2.22 bits per heavy atom. The van der Waals surface area contributed by atoms with Crippen molar-refractivity contribution in [2.24, 2.45) is 0 Å². The molecule has 0 unspecified atom stereocenters. The fraction of sp³-hybridized carbons (Fsp3) is 0.480. The van der Waals surface area contributed by atoms with Crippen molar-refractivity contribution < 1.29 is 14.4 Å². The van der Waals surface area contributed by atoms with E-state index in [4.69, 9.17) is 0 Å². The number of piperazine rings is 1. The third-order valence-electron chi connectivity index (χ3n) is 6.35. The molecule has 1 amide bonds. The highest BCUT2D eigenvalue weighted by atomic mass is 16.2. The number of anilines is 1. The van der Waals surface area contributed by atoms with E-state index in [2.05, 4.69) is 20.1 Å². The number of aromatic nitrogens is 1. The number of carbonyl (C=O) groups is 3. The van der Waals surface area contributed by atoms with E-state index < -0.39 is 0 Å². The van der Waals surface area contributed by atoms with E-state index in [-0.39, 0.29) is 17.5 Å². The number of H-pyrrole nitrogens is 1. The number of rotatable bonds is 8. The first-order valence-electron chi connectivity index (χ1n) is 11.3. The minimum absolute atomic E-state index is 0.0117. The zero-order valence-electron chi connectivity index (χ0n) is 19.8. The first-order valence-corrected chi connectivity index (χ1v) is 11.3. The predicted octanol–water partition coefficient (Wildman–Crippen LogP) is 3.14. The van der Waals surface area contributed by atoms with E-state index in [0.717, 1.165) is 54.3 Å². The van der Waals surface area contributed by atoms with Gasteiger partial charge in [-0.2, -0.15) is 0 Å². The van der Waals surface area contributed by atoms with Gasteiger partial charge in [-0.1, -0.05) is 19.1 Å². The van der Waals surface area contributed by atoms with E-state index >= 15 is 0 Å². The van der Waals surface area contributed by atoms with Crippen LogP contribution < -0.4 is 5.32 Å². The summed E-state index contributed by atoms with van der Waals surface area (Å²) in [7, 11) is 0. The summed E-state index contributed by atoms with van der Waals surface area (Å²) in [6.45, 7) is 13.0. The molecule has 0 spiro atoms. The van der Waals surface area contributed by atoms with Crippen LogP contribution in [0.5, 0.6) is 0 Å². The number of aryl methyl sites for hydroxylation is 2. The zero-order valence-corrected chi connectivity index (χ0v) is 19.8. The molecule has 0 atom stereocenters. The topological polar surface area (TPSA) is 85.5 Å². The molecule has 7 heteroatoms. The van der Waals surface area contributed by atoms with Gasteiger partial charge >= 0.3 is 0 Å². The average Bonchev–Trinajstić information content (AvgIpc) is 3.09. The number of hydrogen-bond donors (Lipinski definition) is 2. The largest absolute Gasteiger partial charge is 0.355 e. The Kier molecular flexibility index (Phi) is 7.64. The smallest absolute Gasteiger partial charge is 0.238 e. The third kappa shape index (κ3) is 5.34. The number of benzene rings is 1. The predicted molar refractivity (Wildman–Crippen MR) is 127 cm³/mol. The normalized spacial score (nSPS) is 15.0. The summed E-state index contributed by atoms with van der Waals surface area (Å²) in [6, 6.07) is 5.90. The van der Waals surface area contributed by atoms with E-state index in [1.165, 1.54) is 0 Å². The van der Waals surface area contributed by atoms with Crippen molar-refractivity contribution in [1.82, 2.24) is 14.8 Å². The second-order valence-corrected chi connectivity index (χ2v) is 8.66. The first-order chi connectivity index (χ1) is 15.2. The molecular weight excluding hydrogens is 404 g/mol. The summed E-state index contributed by atoms with van der Waals surface area (Å²) in [4.78, 5) is 44.8. The van der Waals surface area contributed by atoms with Gasteiger partial charge in [-0.05, 0) is 56.9 Å². The van der Waals surface area contributed by atoms with Gasteiger partial charge in [-0.3, -0.25) is 24.2 Å². The molecule has 3 rings (SSSR count). The van der Waals surface area contributed by atoms with Gasteiger partial charge in [-0.15, -0.1) is 0 Å². The summed E-state index contributed by atoms with van der Waals surface area (Å²) in [5, 5.41) is 3.01. The van der Waals surface area contributed by atoms with Gasteiger partial charge in [0, 0.05) is 43.1 Å². The van der Waals surface area contributed by atoms with Crippen molar-refractivity contribution in [3.8, 4) is 0 Å². The van der Waals surface area contributed by atoms with Crippen LogP contribution in [-0.2, 0) is 11.2 Å². The van der Waals surface area contributed by atoms with Crippen LogP contribution in [0.3, 0.4) is 0 Å². The lowest BCUT2D eigenvalue weighted by Crippen LogP contribution is -2.49. The Morgan fingerprint density at radius 2 is 1.62 bits per heavy atom. The number of carbonyl (C=O) groups excluding carboxylic acids is 3. The van der Waals surface area contributed by atoms with Crippen LogP contribution in [0.15, 0.2) is 18.2 Å². The van der Waals surface area contributed by atoms with Crippen LogP contribution >= 0.6 is 0 Å². The minimum atomic E-state index is -0.0190. The molecule has 0 aliphatic carbocycles. The first kappa shape index (κ1) is 23.9. The van der Waals surface area contributed by atoms with Gasteiger partial charge in [0.15, 0.2) is 11.6 Å². The molecule has 1 saturated heterocycles. The van der Waals surface area contributed by atoms with Crippen molar-refractivity contribution >= 4 is 23.2 Å². The van der Waals surface area contributed by atoms with Crippen LogP contribution in [-0.4, -0.2) is 71.5 Å². The number of nitrogens with zero attached hydrogens (tertiary/aromatic N) is 2. The molecule has 1 aromatic carbocycles. The fourth-order valence-corrected chi connectivity index (χ4v) is 4.41. The van der Waals surface area contributed by atoms with Gasteiger partial charge in [0.2, 0.25) is 5.91 Å². The second-order valence-electron chi connectivity index (χ2n) is 8.66. The number of ketones is 2. The summed E-state index contributed by atoms with van der Waals surface area (Å²) in [5.74, 6) is -0.0181. The molecule has 32 heavy (non-hydrogen) atoms. The molecule has 7 nitrogen and oxygen atoms in total. The minimum Gasteiger partial charge on any atom is -0.355 e. The van der Waals surface area contributed by atoms with Crippen molar-refractivity contribution in [1.29, 1.82) is 0 Å². The molecule has 0 bridgehead atoms. The highest BCUT2D eigenvalue weighted by Crippen LogP contribution is 2.21. The molecule has 2 heterocycles. The number of Topliss-reactive ketones (excluding diaryl/α,β-unsaturated/α-hetero) is 2. The molecular formula is C25H34N4O3. The van der Waals surface area contributed by atoms with Crippen LogP contribution in [0.2, 0.25) is 0 Å². The van der Waals surface area contributed by atoms with Crippen molar-refractivity contribution in [2.45, 2.75) is 41.0 Å². The van der Waals surface area contributed by atoms with Crippen molar-refractivity contribution in [3.63, 3.8) is 0 Å². The highest BCUT2D eigenvalue weighted by molar-refractivity contribution is 6.04. The van der Waals surface area contributed by atoms with Gasteiger partial charge in [0.05, 0.1) is 18.8 Å². The van der Waals surface area contributed by atoms with Gasteiger partial charge in [0.1, 0.15) is 0 Å². The molecule has 1 aliphatic heterocycles. The molecule has 0 saturated carbocycles. The maximum atomic E-state index is 12.9. The average molecular weight is 439 g/mol. The molecule has 0 radical (unpaired) electrons. The molecule has 1 aromatic heterocycles. The van der Waals surface area contributed by atoms with Crippen LogP contribution in [0.1, 0.15) is 57.1 Å². The summed E-state index contributed by atoms with van der Waals surface area (Å²) >= 11 is 0. The zero-order chi connectivity index (χ0) is 23.4. The summed E-state index contributed by atoms with van der Waals surface area (Å²) < 4.78 is 0. The standard InChI is InChI=1S/C25H34N4O3/c1-6-20-24(19(5)30)18(4)26-25(20)22(31)14-28-10-12-29(13-11-28)15-23(32)27-21-9-7-8-16(2)17(21)3/h7-9,26H,6,10-15H2,1-5H3,(H,27,32). The third-order valence-corrected chi connectivity index (χ3v) is 6.35. The Hall–Kier alpha value is -2.77. The number of nitrogens with one attached hydrogen (secondary N) is 2. The van der Waals surface area contributed by atoms with Gasteiger partial charge < -0.3 is 10.3 Å². The van der Waals surface area contributed by atoms with E-state index in [1.807, 2.05) is 45.9 Å². The lowest BCUT2D eigenvalue weighted by molar-refractivity contribution is -0.117. The fourth-order valence-electron chi connectivity index (χ4n) is 4.41. The molecule has 2 aromatic rings. The number of hydrogen-bond acceptors (Lipinski definition) is 5. The molecule has 2 N–H and O–H groups in total. The number of aromatic amines is 1. The van der Waals surface area contributed by atoms with Crippen LogP contribution in [0.4, 0.5) is 5.69 Å².